The van der Waals surface area contributed by atoms with Crippen molar-refractivity contribution in [3.05, 3.63) is 33.7 Å². The lowest BCUT2D eigenvalue weighted by molar-refractivity contribution is 0.218. The third-order valence-electron chi connectivity index (χ3n) is 6.04. The van der Waals surface area contributed by atoms with Gasteiger partial charge in [-0.15, -0.1) is 11.3 Å². The van der Waals surface area contributed by atoms with Gasteiger partial charge in [-0.05, 0) is 43.2 Å². The number of pyridine rings is 1. The predicted octanol–water partition coefficient (Wildman–Crippen LogP) is 3.79. The number of nitrogens with one attached hydrogen (secondary N) is 1. The summed E-state index contributed by atoms with van der Waals surface area (Å²) in [7, 11) is -1.09. The Labute approximate surface area is 183 Å². The lowest BCUT2D eigenvalue weighted by Gasteiger charge is -2.20. The molecule has 2 aliphatic carbocycles. The van der Waals surface area contributed by atoms with E-state index in [-0.39, 0.29) is 12.0 Å². The van der Waals surface area contributed by atoms with Crippen molar-refractivity contribution in [3.8, 4) is 0 Å². The van der Waals surface area contributed by atoms with E-state index in [2.05, 4.69) is 28.5 Å². The van der Waals surface area contributed by atoms with Crippen LogP contribution in [0.3, 0.4) is 0 Å². The Bertz CT molecular complexity index is 1040. The van der Waals surface area contributed by atoms with Gasteiger partial charge in [0.05, 0.1) is 24.2 Å². The summed E-state index contributed by atoms with van der Waals surface area (Å²) >= 11 is 1.39. The molecule has 0 saturated heterocycles. The fourth-order valence-electron chi connectivity index (χ4n) is 4.13. The first-order valence-corrected chi connectivity index (χ1v) is 12.3. The van der Waals surface area contributed by atoms with Gasteiger partial charge in [0.25, 0.3) is 0 Å². The van der Waals surface area contributed by atoms with E-state index in [4.69, 9.17) is 10.1 Å². The highest BCUT2D eigenvalue weighted by Crippen LogP contribution is 2.44. The van der Waals surface area contributed by atoms with E-state index in [1.54, 1.807) is 6.20 Å². The van der Waals surface area contributed by atoms with Crippen LogP contribution in [0.15, 0.2) is 14.8 Å². The first-order valence-electron chi connectivity index (χ1n) is 10.3. The molecule has 0 spiro atoms. The van der Waals surface area contributed by atoms with Crippen molar-refractivity contribution in [3.63, 3.8) is 0 Å². The molecule has 30 heavy (non-hydrogen) atoms. The molecular formula is C21H29N5O2S2. The highest BCUT2D eigenvalue weighted by Gasteiger charge is 2.36. The van der Waals surface area contributed by atoms with Crippen molar-refractivity contribution >= 4 is 33.9 Å². The number of nitrogens with two attached hydrogens (primary N) is 1. The number of carbonyl (C=O) groups is 1. The maximum atomic E-state index is 12.8. The van der Waals surface area contributed by atoms with E-state index in [0.29, 0.717) is 0 Å². The number of aryl methyl sites for hydroxylation is 1. The van der Waals surface area contributed by atoms with E-state index in [1.165, 1.54) is 11.3 Å². The molecule has 4 N–H and O–H groups in total. The topological polar surface area (TPSA) is 113 Å². The van der Waals surface area contributed by atoms with Gasteiger partial charge in [0.2, 0.25) is 0 Å². The summed E-state index contributed by atoms with van der Waals surface area (Å²) in [6.07, 6.45) is 6.57. The molecule has 4 rings (SSSR count). The zero-order valence-corrected chi connectivity index (χ0v) is 19.5. The zero-order valence-electron chi connectivity index (χ0n) is 17.9. The number of aliphatic hydroxyl groups is 1. The summed E-state index contributed by atoms with van der Waals surface area (Å²) in [6, 6.07) is -0.426. The van der Waals surface area contributed by atoms with Gasteiger partial charge in [-0.2, -0.15) is 4.36 Å². The molecule has 1 atom stereocenters. The highest BCUT2D eigenvalue weighted by atomic mass is 32.2. The molecule has 2 aromatic rings. The summed E-state index contributed by atoms with van der Waals surface area (Å²) in [5.74, 6) is 0. The number of aliphatic hydroxyl groups excluding tert-OH is 1. The Hall–Kier alpha value is -1.68. The van der Waals surface area contributed by atoms with Gasteiger partial charge >= 0.3 is 6.03 Å². The minimum Gasteiger partial charge on any atom is -0.395 e. The summed E-state index contributed by atoms with van der Waals surface area (Å²) in [6.45, 7) is 8.26. The van der Waals surface area contributed by atoms with Crippen LogP contribution in [0.4, 0.5) is 10.5 Å². The summed E-state index contributed by atoms with van der Waals surface area (Å²) in [4.78, 5) is 22.1. The molecule has 1 unspecified atom stereocenters. The standard InChI is InChI=1S/C21H29N5O2S2/c1-20(2)9-8-13-16(12-6-5-7-14(12)24-17(13)20)25-19(28)26-30(22)15-10-23-18(29-15)21(3,4)11-27/h10,27H,5-9,11H2,1-4H3,(H3,22,24,25,26,28). The summed E-state index contributed by atoms with van der Waals surface area (Å²) < 4.78 is 4.92. The molecule has 2 aliphatic rings. The molecule has 0 radical (unpaired) electrons. The molecule has 0 fully saturated rings. The van der Waals surface area contributed by atoms with E-state index < -0.39 is 22.3 Å². The van der Waals surface area contributed by atoms with Crippen molar-refractivity contribution in [1.29, 1.82) is 0 Å². The van der Waals surface area contributed by atoms with Crippen LogP contribution in [-0.2, 0) is 41.0 Å². The average molecular weight is 448 g/mol. The first-order chi connectivity index (χ1) is 14.1. The quantitative estimate of drug-likeness (QED) is 0.660. The van der Waals surface area contributed by atoms with Gasteiger partial charge in [-0.3, -0.25) is 10.1 Å². The number of hydrogen-bond donors (Lipinski definition) is 3. The molecule has 2 aromatic heterocycles. The van der Waals surface area contributed by atoms with Crippen molar-refractivity contribution < 1.29 is 9.90 Å². The summed E-state index contributed by atoms with van der Waals surface area (Å²) in [5, 5.41) is 19.6. The number of aromatic nitrogens is 2. The maximum Gasteiger partial charge on any atom is 0.352 e. The Morgan fingerprint density at radius 1 is 1.37 bits per heavy atom. The number of urea groups is 1. The normalized spacial score (nSPS) is 18.3. The fraction of sp³-hybridized carbons (Fsp3) is 0.571. The largest absolute Gasteiger partial charge is 0.395 e. The number of anilines is 1. The molecule has 0 aromatic carbocycles. The summed E-state index contributed by atoms with van der Waals surface area (Å²) in [5.41, 5.74) is 5.05. The monoisotopic (exact) mass is 447 g/mol. The molecule has 162 valence electrons. The minimum absolute atomic E-state index is 0.00938. The number of rotatable bonds is 4. The highest BCUT2D eigenvalue weighted by molar-refractivity contribution is 7.87. The number of hydrogen-bond acceptors (Lipinski definition) is 5. The van der Waals surface area contributed by atoms with Gasteiger partial charge in [0, 0.05) is 27.4 Å². The van der Waals surface area contributed by atoms with Crippen LogP contribution in [0.2, 0.25) is 0 Å². The molecule has 9 heteroatoms. The Morgan fingerprint density at radius 3 is 2.87 bits per heavy atom. The number of fused-ring (bicyclic) bond motifs is 2. The Kier molecular flexibility index (Phi) is 5.59. The van der Waals surface area contributed by atoms with Gasteiger partial charge in [-0.25, -0.2) is 9.78 Å². The average Bonchev–Trinajstić information content (AvgIpc) is 3.41. The number of amides is 2. The Balaban J connectivity index is 1.61. The number of carbonyl (C=O) groups excluding carboxylic acids is 1. The smallest absolute Gasteiger partial charge is 0.352 e. The second kappa shape index (κ2) is 7.78. The molecule has 7 nitrogen and oxygen atoms in total. The lowest BCUT2D eigenvalue weighted by Crippen LogP contribution is -2.21. The fourth-order valence-corrected chi connectivity index (χ4v) is 6.04. The Morgan fingerprint density at radius 2 is 2.13 bits per heavy atom. The van der Waals surface area contributed by atoms with E-state index in [9.17, 15) is 9.90 Å². The van der Waals surface area contributed by atoms with Crippen LogP contribution in [0, 0.1) is 0 Å². The number of nitrogens with zero attached hydrogens (tertiary/aromatic N) is 3. The predicted molar refractivity (Wildman–Crippen MR) is 121 cm³/mol. The van der Waals surface area contributed by atoms with Crippen LogP contribution in [-0.4, -0.2) is 27.7 Å². The van der Waals surface area contributed by atoms with Crippen LogP contribution >= 0.6 is 11.3 Å². The third-order valence-corrected chi connectivity index (χ3v) is 8.84. The van der Waals surface area contributed by atoms with Crippen molar-refractivity contribution in [2.45, 2.75) is 74.8 Å². The van der Waals surface area contributed by atoms with Crippen molar-refractivity contribution in [2.24, 2.45) is 9.50 Å². The third kappa shape index (κ3) is 3.84. The molecule has 0 bridgehead atoms. The van der Waals surface area contributed by atoms with E-state index >= 15 is 0 Å². The lowest BCUT2D eigenvalue weighted by atomic mass is 9.90. The van der Waals surface area contributed by atoms with E-state index in [0.717, 1.165) is 69.5 Å². The number of thiazole rings is 1. The second-order valence-corrected chi connectivity index (χ2v) is 11.9. The van der Waals surface area contributed by atoms with Crippen LogP contribution < -0.4 is 10.5 Å². The van der Waals surface area contributed by atoms with Crippen LogP contribution in [0.5, 0.6) is 0 Å². The van der Waals surface area contributed by atoms with Gasteiger partial charge < -0.3 is 10.4 Å². The van der Waals surface area contributed by atoms with Gasteiger partial charge in [0.1, 0.15) is 9.22 Å². The van der Waals surface area contributed by atoms with Crippen LogP contribution in [0.25, 0.3) is 0 Å². The van der Waals surface area contributed by atoms with Crippen molar-refractivity contribution in [2.75, 3.05) is 11.9 Å². The second-order valence-electron chi connectivity index (χ2n) is 9.34. The molecule has 0 saturated carbocycles. The molecule has 2 heterocycles. The minimum atomic E-state index is -1.09. The maximum absolute atomic E-state index is 12.8. The van der Waals surface area contributed by atoms with Gasteiger partial charge in [0.15, 0.2) is 0 Å². The van der Waals surface area contributed by atoms with Crippen molar-refractivity contribution in [1.82, 2.24) is 9.97 Å². The van der Waals surface area contributed by atoms with Gasteiger partial charge in [-0.1, -0.05) is 27.7 Å². The van der Waals surface area contributed by atoms with Crippen LogP contribution in [0.1, 0.15) is 68.1 Å². The van der Waals surface area contributed by atoms with E-state index in [1.807, 2.05) is 13.8 Å². The molecule has 0 aliphatic heterocycles. The molecular weight excluding hydrogens is 418 g/mol. The first kappa shape index (κ1) is 21.5. The molecule has 2 amide bonds. The zero-order chi connectivity index (χ0) is 21.7. The SMILES string of the molecule is CC(C)(CO)c1ncc(S(N)=NC(=O)Nc2c3c(nc4c2CCC4(C)C)CCC3)s1.